The van der Waals surface area contributed by atoms with Gasteiger partial charge in [0.05, 0.1) is 5.75 Å². The summed E-state index contributed by atoms with van der Waals surface area (Å²) >= 11 is 1.66. The number of amides is 4. The zero-order valence-electron chi connectivity index (χ0n) is 16.2. The highest BCUT2D eigenvalue weighted by atomic mass is 32.2. The molecule has 9 nitrogen and oxygen atoms in total. The van der Waals surface area contributed by atoms with E-state index in [1.165, 1.54) is 18.2 Å². The third-order valence-corrected chi connectivity index (χ3v) is 8.27. The predicted octanol–water partition coefficient (Wildman–Crippen LogP) is 1.13. The Kier molecular flexibility index (Phi) is 6.20. The van der Waals surface area contributed by atoms with Crippen molar-refractivity contribution in [3.8, 4) is 0 Å². The quantitative estimate of drug-likeness (QED) is 0.570. The van der Waals surface area contributed by atoms with E-state index in [-0.39, 0.29) is 11.2 Å². The number of sulfonamides is 1. The summed E-state index contributed by atoms with van der Waals surface area (Å²) in [4.78, 5) is 35.5. The molecule has 29 heavy (non-hydrogen) atoms. The number of thioether (sulfide) groups is 1. The maximum Gasteiger partial charge on any atom is 0.322 e. The van der Waals surface area contributed by atoms with Crippen molar-refractivity contribution >= 4 is 45.3 Å². The van der Waals surface area contributed by atoms with Crippen molar-refractivity contribution in [1.82, 2.24) is 14.9 Å². The molecule has 2 heterocycles. The standard InChI is InChI=1S/C18H24N4O5S2/c1-12(23)19-13-4-3-5-15(10-13)28-14-6-8-22(9-7-14)29(26,27)11-18(2)16(24)20-17(25)21-18/h3-5,10,14H,6-9,11H2,1-2H3,(H,19,23)(H2,20,21,24,25)/t18-/m1/s1. The van der Waals surface area contributed by atoms with Gasteiger partial charge in [-0.1, -0.05) is 6.07 Å². The van der Waals surface area contributed by atoms with Crippen LogP contribution in [0.4, 0.5) is 10.5 Å². The number of anilines is 1. The average Bonchev–Trinajstić information content (AvgIpc) is 2.86. The minimum atomic E-state index is -3.70. The molecule has 2 aliphatic heterocycles. The van der Waals surface area contributed by atoms with Gasteiger partial charge in [-0.05, 0) is 38.0 Å². The lowest BCUT2D eigenvalue weighted by atomic mass is 10.1. The van der Waals surface area contributed by atoms with E-state index in [2.05, 4.69) is 16.0 Å². The molecule has 158 valence electrons. The molecule has 0 saturated carbocycles. The Morgan fingerprint density at radius 1 is 1.31 bits per heavy atom. The highest BCUT2D eigenvalue weighted by Gasteiger charge is 2.46. The van der Waals surface area contributed by atoms with Crippen molar-refractivity contribution in [3.63, 3.8) is 0 Å². The van der Waals surface area contributed by atoms with E-state index in [1.54, 1.807) is 11.8 Å². The van der Waals surface area contributed by atoms with Crippen molar-refractivity contribution < 1.29 is 22.8 Å². The summed E-state index contributed by atoms with van der Waals surface area (Å²) < 4.78 is 26.9. The zero-order chi connectivity index (χ0) is 21.2. The number of nitrogens with one attached hydrogen (secondary N) is 3. The Morgan fingerprint density at radius 2 is 2.00 bits per heavy atom. The number of carbonyl (C=O) groups is 3. The molecule has 0 aliphatic carbocycles. The van der Waals surface area contributed by atoms with Gasteiger partial charge in [-0.15, -0.1) is 11.8 Å². The van der Waals surface area contributed by atoms with Crippen LogP contribution in [0.1, 0.15) is 26.7 Å². The molecule has 1 aromatic rings. The molecule has 3 N–H and O–H groups in total. The van der Waals surface area contributed by atoms with Crippen LogP contribution in [0.25, 0.3) is 0 Å². The molecule has 0 unspecified atom stereocenters. The number of imide groups is 1. The summed E-state index contributed by atoms with van der Waals surface area (Å²) in [7, 11) is -3.70. The summed E-state index contributed by atoms with van der Waals surface area (Å²) in [6, 6.07) is 6.87. The van der Waals surface area contributed by atoms with Crippen LogP contribution in [0, 0.1) is 0 Å². The number of hydrogen-bond donors (Lipinski definition) is 3. The van der Waals surface area contributed by atoms with Crippen molar-refractivity contribution in [3.05, 3.63) is 24.3 Å². The van der Waals surface area contributed by atoms with E-state index in [9.17, 15) is 22.8 Å². The van der Waals surface area contributed by atoms with E-state index in [1.807, 2.05) is 24.3 Å². The Hall–Kier alpha value is -2.11. The van der Waals surface area contributed by atoms with E-state index >= 15 is 0 Å². The van der Waals surface area contributed by atoms with Crippen LogP contribution >= 0.6 is 11.8 Å². The smallest absolute Gasteiger partial charge is 0.322 e. The molecular formula is C18H24N4O5S2. The molecule has 0 radical (unpaired) electrons. The molecular weight excluding hydrogens is 416 g/mol. The van der Waals surface area contributed by atoms with Crippen LogP contribution in [0.2, 0.25) is 0 Å². The maximum absolute atomic E-state index is 12.8. The lowest BCUT2D eigenvalue weighted by Crippen LogP contribution is -2.53. The second kappa shape index (κ2) is 8.33. The van der Waals surface area contributed by atoms with Crippen LogP contribution in [-0.4, -0.2) is 60.2 Å². The first kappa shape index (κ1) is 21.6. The first-order valence-electron chi connectivity index (χ1n) is 9.23. The van der Waals surface area contributed by atoms with Crippen molar-refractivity contribution in [2.45, 2.75) is 42.4 Å². The van der Waals surface area contributed by atoms with E-state index in [4.69, 9.17) is 0 Å². The second-order valence-electron chi connectivity index (χ2n) is 7.42. The molecule has 2 saturated heterocycles. The molecule has 4 amide bonds. The predicted molar refractivity (Wildman–Crippen MR) is 110 cm³/mol. The second-order valence-corrected chi connectivity index (χ2v) is 10.8. The number of piperidine rings is 1. The fourth-order valence-corrected chi connectivity index (χ4v) is 6.47. The van der Waals surface area contributed by atoms with Gasteiger partial charge in [-0.3, -0.25) is 14.9 Å². The molecule has 3 rings (SSSR count). The first-order valence-corrected chi connectivity index (χ1v) is 11.7. The van der Waals surface area contributed by atoms with Gasteiger partial charge in [0.2, 0.25) is 15.9 Å². The molecule has 1 aromatic carbocycles. The van der Waals surface area contributed by atoms with Crippen LogP contribution in [-0.2, 0) is 19.6 Å². The van der Waals surface area contributed by atoms with Gasteiger partial charge >= 0.3 is 6.03 Å². The maximum atomic E-state index is 12.8. The summed E-state index contributed by atoms with van der Waals surface area (Å²) in [5.41, 5.74) is -0.723. The van der Waals surface area contributed by atoms with Gasteiger partial charge in [0.1, 0.15) is 5.54 Å². The van der Waals surface area contributed by atoms with Gasteiger partial charge in [0, 0.05) is 35.8 Å². The summed E-state index contributed by atoms with van der Waals surface area (Å²) in [6.07, 6.45) is 1.34. The highest BCUT2D eigenvalue weighted by molar-refractivity contribution is 8.00. The molecule has 0 bridgehead atoms. The van der Waals surface area contributed by atoms with E-state index in [0.29, 0.717) is 25.9 Å². The zero-order valence-corrected chi connectivity index (χ0v) is 17.9. The SMILES string of the molecule is CC(=O)Nc1cccc(SC2CCN(S(=O)(=O)C[C@@]3(C)NC(=O)NC3=O)CC2)c1. The van der Waals surface area contributed by atoms with Crippen LogP contribution in [0.15, 0.2) is 29.2 Å². The average molecular weight is 441 g/mol. The molecule has 1 atom stereocenters. The number of carbonyl (C=O) groups excluding carboxylic acids is 3. The largest absolute Gasteiger partial charge is 0.326 e. The lowest BCUT2D eigenvalue weighted by Gasteiger charge is -2.33. The fourth-order valence-electron chi connectivity index (χ4n) is 3.41. The number of hydrogen-bond acceptors (Lipinski definition) is 6. The molecule has 0 spiro atoms. The first-order chi connectivity index (χ1) is 13.6. The summed E-state index contributed by atoms with van der Waals surface area (Å²) in [5, 5.41) is 7.48. The molecule has 11 heteroatoms. The molecule has 0 aromatic heterocycles. The van der Waals surface area contributed by atoms with Crippen molar-refractivity contribution in [1.29, 1.82) is 0 Å². The fraction of sp³-hybridized carbons (Fsp3) is 0.500. The van der Waals surface area contributed by atoms with Gasteiger partial charge in [-0.2, -0.15) is 0 Å². The minimum absolute atomic E-state index is 0.133. The Morgan fingerprint density at radius 3 is 2.59 bits per heavy atom. The normalized spacial score (nSPS) is 23.5. The van der Waals surface area contributed by atoms with Crippen LogP contribution in [0.3, 0.4) is 0 Å². The van der Waals surface area contributed by atoms with Crippen LogP contribution in [0.5, 0.6) is 0 Å². The third-order valence-electron chi connectivity index (χ3n) is 4.84. The van der Waals surface area contributed by atoms with E-state index in [0.717, 1.165) is 10.6 Å². The number of nitrogens with zero attached hydrogens (tertiary/aromatic N) is 1. The van der Waals surface area contributed by atoms with Crippen molar-refractivity contribution in [2.75, 3.05) is 24.2 Å². The Bertz CT molecular complexity index is 928. The van der Waals surface area contributed by atoms with Gasteiger partial charge in [0.25, 0.3) is 5.91 Å². The van der Waals surface area contributed by atoms with Crippen LogP contribution < -0.4 is 16.0 Å². The molecule has 2 aliphatic rings. The third kappa shape index (κ3) is 5.28. The topological polar surface area (TPSA) is 125 Å². The molecule has 2 fully saturated rings. The highest BCUT2D eigenvalue weighted by Crippen LogP contribution is 2.32. The monoisotopic (exact) mass is 440 g/mol. The van der Waals surface area contributed by atoms with E-state index < -0.39 is 33.3 Å². The lowest BCUT2D eigenvalue weighted by molar-refractivity contribution is -0.122. The van der Waals surface area contributed by atoms with Gasteiger partial charge < -0.3 is 10.6 Å². The summed E-state index contributed by atoms with van der Waals surface area (Å²) in [5.74, 6) is -1.23. The van der Waals surface area contributed by atoms with Gasteiger partial charge in [0.15, 0.2) is 0 Å². The summed E-state index contributed by atoms with van der Waals surface area (Å²) in [6.45, 7) is 3.58. The van der Waals surface area contributed by atoms with Crippen molar-refractivity contribution in [2.24, 2.45) is 0 Å². The Balaban J connectivity index is 1.57. The number of benzene rings is 1. The number of rotatable bonds is 6. The van der Waals surface area contributed by atoms with Gasteiger partial charge in [-0.25, -0.2) is 17.5 Å². The Labute approximate surface area is 174 Å². The minimum Gasteiger partial charge on any atom is -0.326 e. The number of urea groups is 1.